The average Bonchev–Trinajstić information content (AvgIpc) is 2.70. The normalized spacial score (nSPS) is 20.5. The number of carbonyl (C=O) groups is 2. The molecule has 3 rings (SSSR count). The third kappa shape index (κ3) is 6.95. The molecule has 0 bridgehead atoms. The Hall–Kier alpha value is -2.10. The molecule has 0 spiro atoms. The Morgan fingerprint density at radius 3 is 2.55 bits per heavy atom. The number of amides is 3. The van der Waals surface area contributed by atoms with E-state index in [1.807, 2.05) is 20.8 Å². The fraction of sp³-hybridized carbons (Fsp3) is 0.619. The summed E-state index contributed by atoms with van der Waals surface area (Å²) in [4.78, 5) is 30.4. The summed E-state index contributed by atoms with van der Waals surface area (Å²) in [5.41, 5.74) is -0.0715. The van der Waals surface area contributed by atoms with Gasteiger partial charge in [-0.3, -0.25) is 4.90 Å². The highest BCUT2D eigenvalue weighted by Crippen LogP contribution is 2.20. The minimum absolute atomic E-state index is 0.0319. The van der Waals surface area contributed by atoms with Gasteiger partial charge in [-0.1, -0.05) is 11.6 Å². The van der Waals surface area contributed by atoms with Crippen molar-refractivity contribution in [2.24, 2.45) is 0 Å². The average molecular weight is 457 g/mol. The van der Waals surface area contributed by atoms with Crippen LogP contribution in [0, 0.1) is 5.82 Å². The smallest absolute Gasteiger partial charge is 0.410 e. The number of ether oxygens (including phenoxy) is 2. The quantitative estimate of drug-likeness (QED) is 0.755. The van der Waals surface area contributed by atoms with Crippen molar-refractivity contribution in [3.8, 4) is 0 Å². The van der Waals surface area contributed by atoms with Crippen LogP contribution in [0.4, 0.5) is 19.7 Å². The van der Waals surface area contributed by atoms with E-state index in [1.165, 1.54) is 18.2 Å². The Labute approximate surface area is 187 Å². The lowest BCUT2D eigenvalue weighted by Crippen LogP contribution is -2.55. The lowest BCUT2D eigenvalue weighted by Gasteiger charge is -2.39. The van der Waals surface area contributed by atoms with Crippen molar-refractivity contribution in [1.29, 1.82) is 0 Å². The van der Waals surface area contributed by atoms with Gasteiger partial charge in [0.2, 0.25) is 0 Å². The van der Waals surface area contributed by atoms with Crippen molar-refractivity contribution in [2.75, 3.05) is 57.7 Å². The molecule has 0 aliphatic carbocycles. The Morgan fingerprint density at radius 1 is 1.19 bits per heavy atom. The standard InChI is InChI=1S/C21H30ClFN4O4/c1-21(2,3)31-20(29)27-10-11-30-16(14-27)13-25-6-8-26(9-7-25)19(28)24-15-4-5-18(23)17(22)12-15/h4-5,12,16H,6-11,13-14H2,1-3H3,(H,24,28)/t16-/m0/s1. The highest BCUT2D eigenvalue weighted by molar-refractivity contribution is 6.31. The monoisotopic (exact) mass is 456 g/mol. The molecule has 31 heavy (non-hydrogen) atoms. The zero-order valence-electron chi connectivity index (χ0n) is 18.2. The zero-order chi connectivity index (χ0) is 22.6. The molecule has 1 aromatic carbocycles. The number of hydrogen-bond acceptors (Lipinski definition) is 5. The molecule has 0 unspecified atom stereocenters. The van der Waals surface area contributed by atoms with Crippen LogP contribution in [0.25, 0.3) is 0 Å². The minimum Gasteiger partial charge on any atom is -0.444 e. The second-order valence-electron chi connectivity index (χ2n) is 8.77. The number of anilines is 1. The van der Waals surface area contributed by atoms with E-state index in [-0.39, 0.29) is 23.3 Å². The second kappa shape index (κ2) is 10.0. The largest absolute Gasteiger partial charge is 0.444 e. The number of hydrogen-bond donors (Lipinski definition) is 1. The number of nitrogens with zero attached hydrogens (tertiary/aromatic N) is 3. The molecule has 0 aromatic heterocycles. The van der Waals surface area contributed by atoms with E-state index >= 15 is 0 Å². The van der Waals surface area contributed by atoms with Crippen LogP contribution in [0.5, 0.6) is 0 Å². The molecular formula is C21H30ClFN4O4. The first-order chi connectivity index (χ1) is 14.6. The van der Waals surface area contributed by atoms with E-state index in [1.54, 1.807) is 9.80 Å². The van der Waals surface area contributed by atoms with Gasteiger partial charge in [0.05, 0.1) is 24.3 Å². The Kier molecular flexibility index (Phi) is 7.61. The fourth-order valence-electron chi connectivity index (χ4n) is 3.52. The molecule has 172 valence electrons. The predicted octanol–water partition coefficient (Wildman–Crippen LogP) is 3.26. The van der Waals surface area contributed by atoms with E-state index in [0.29, 0.717) is 58.1 Å². The molecule has 2 fully saturated rings. The van der Waals surface area contributed by atoms with Gasteiger partial charge in [-0.2, -0.15) is 0 Å². The van der Waals surface area contributed by atoms with Gasteiger partial charge < -0.3 is 24.6 Å². The summed E-state index contributed by atoms with van der Waals surface area (Å²) < 4.78 is 24.6. The maximum Gasteiger partial charge on any atom is 0.410 e. The molecule has 2 aliphatic rings. The number of urea groups is 1. The van der Waals surface area contributed by atoms with Crippen LogP contribution in [0.15, 0.2) is 18.2 Å². The first kappa shape index (κ1) is 23.6. The minimum atomic E-state index is -0.527. The maximum atomic E-state index is 13.3. The van der Waals surface area contributed by atoms with Gasteiger partial charge >= 0.3 is 12.1 Å². The summed E-state index contributed by atoms with van der Waals surface area (Å²) in [6.45, 7) is 10.2. The van der Waals surface area contributed by atoms with E-state index in [9.17, 15) is 14.0 Å². The number of benzene rings is 1. The van der Waals surface area contributed by atoms with Gasteiger partial charge in [0.1, 0.15) is 11.4 Å². The summed E-state index contributed by atoms with van der Waals surface area (Å²) in [6, 6.07) is 3.85. The van der Waals surface area contributed by atoms with Crippen LogP contribution in [-0.2, 0) is 9.47 Å². The molecule has 2 heterocycles. The molecule has 2 aliphatic heterocycles. The fourth-order valence-corrected chi connectivity index (χ4v) is 3.70. The van der Waals surface area contributed by atoms with Crippen molar-refractivity contribution in [1.82, 2.24) is 14.7 Å². The molecule has 8 nitrogen and oxygen atoms in total. The molecule has 10 heteroatoms. The van der Waals surface area contributed by atoms with Gasteiger partial charge in [-0.05, 0) is 39.0 Å². The molecule has 0 radical (unpaired) electrons. The van der Waals surface area contributed by atoms with E-state index in [2.05, 4.69) is 10.2 Å². The number of piperazine rings is 1. The molecular weight excluding hydrogens is 427 g/mol. The summed E-state index contributed by atoms with van der Waals surface area (Å²) in [5, 5.41) is 2.72. The number of rotatable bonds is 3. The number of morpholine rings is 1. The zero-order valence-corrected chi connectivity index (χ0v) is 19.0. The van der Waals surface area contributed by atoms with Crippen LogP contribution < -0.4 is 5.32 Å². The molecule has 2 saturated heterocycles. The highest BCUT2D eigenvalue weighted by Gasteiger charge is 2.30. The molecule has 1 atom stereocenters. The van der Waals surface area contributed by atoms with Gasteiger partial charge in [-0.25, -0.2) is 14.0 Å². The van der Waals surface area contributed by atoms with Crippen LogP contribution in [0.1, 0.15) is 20.8 Å². The molecule has 1 aromatic rings. The number of carbonyl (C=O) groups excluding carboxylic acids is 2. The van der Waals surface area contributed by atoms with Gasteiger partial charge in [0.25, 0.3) is 0 Å². The SMILES string of the molecule is CC(C)(C)OC(=O)N1CCO[C@@H](CN2CCN(C(=O)Nc3ccc(F)c(Cl)c3)CC2)C1. The predicted molar refractivity (Wildman–Crippen MR) is 116 cm³/mol. The Balaban J connectivity index is 1.43. The van der Waals surface area contributed by atoms with E-state index in [0.717, 1.165) is 0 Å². The molecule has 0 saturated carbocycles. The third-order valence-electron chi connectivity index (χ3n) is 5.08. The highest BCUT2D eigenvalue weighted by atomic mass is 35.5. The van der Waals surface area contributed by atoms with Gasteiger partial charge in [0.15, 0.2) is 0 Å². The topological polar surface area (TPSA) is 74.3 Å². The number of halogens is 2. The molecule has 1 N–H and O–H groups in total. The summed E-state index contributed by atoms with van der Waals surface area (Å²) >= 11 is 5.77. The van der Waals surface area contributed by atoms with Crippen molar-refractivity contribution in [2.45, 2.75) is 32.5 Å². The maximum absolute atomic E-state index is 13.3. The Bertz CT molecular complexity index is 796. The van der Waals surface area contributed by atoms with Gasteiger partial charge in [-0.15, -0.1) is 0 Å². The summed E-state index contributed by atoms with van der Waals surface area (Å²) in [7, 11) is 0. The van der Waals surface area contributed by atoms with Crippen LogP contribution >= 0.6 is 11.6 Å². The first-order valence-corrected chi connectivity index (χ1v) is 10.8. The van der Waals surface area contributed by atoms with Crippen LogP contribution in [0.2, 0.25) is 5.02 Å². The van der Waals surface area contributed by atoms with Gasteiger partial charge in [0, 0.05) is 45.0 Å². The summed E-state index contributed by atoms with van der Waals surface area (Å²) in [5.74, 6) is -0.525. The Morgan fingerprint density at radius 2 is 1.90 bits per heavy atom. The van der Waals surface area contributed by atoms with Crippen molar-refractivity contribution < 1.29 is 23.5 Å². The van der Waals surface area contributed by atoms with Crippen molar-refractivity contribution in [3.63, 3.8) is 0 Å². The third-order valence-corrected chi connectivity index (χ3v) is 5.37. The van der Waals surface area contributed by atoms with Crippen molar-refractivity contribution in [3.05, 3.63) is 29.0 Å². The van der Waals surface area contributed by atoms with E-state index < -0.39 is 11.4 Å². The van der Waals surface area contributed by atoms with E-state index in [4.69, 9.17) is 21.1 Å². The summed E-state index contributed by atoms with van der Waals surface area (Å²) in [6.07, 6.45) is -0.411. The molecule has 3 amide bonds. The lowest BCUT2D eigenvalue weighted by atomic mass is 10.2. The van der Waals surface area contributed by atoms with Crippen LogP contribution in [0.3, 0.4) is 0 Å². The first-order valence-electron chi connectivity index (χ1n) is 10.4. The second-order valence-corrected chi connectivity index (χ2v) is 9.17. The lowest BCUT2D eigenvalue weighted by molar-refractivity contribution is -0.0547. The number of nitrogens with one attached hydrogen (secondary N) is 1. The van der Waals surface area contributed by atoms with Crippen molar-refractivity contribution >= 4 is 29.4 Å². The van der Waals surface area contributed by atoms with Crippen LogP contribution in [-0.4, -0.2) is 90.9 Å².